The maximum Gasteiger partial charge on any atom is 0.322 e. The quantitative estimate of drug-likeness (QED) is 0.772. The van der Waals surface area contributed by atoms with Gasteiger partial charge in [0.1, 0.15) is 0 Å². The molecule has 4 heteroatoms. The lowest BCUT2D eigenvalue weighted by molar-refractivity contribution is -0.296. The van der Waals surface area contributed by atoms with E-state index in [0.29, 0.717) is 17.9 Å². The molecule has 1 aliphatic heterocycles. The van der Waals surface area contributed by atoms with Crippen molar-refractivity contribution >= 4 is 5.97 Å². The predicted molar refractivity (Wildman–Crippen MR) is 77.6 cm³/mol. The van der Waals surface area contributed by atoms with Crippen LogP contribution in [-0.4, -0.2) is 47.1 Å². The van der Waals surface area contributed by atoms with Crippen LogP contribution in [0.2, 0.25) is 0 Å². The van der Waals surface area contributed by atoms with E-state index in [9.17, 15) is 4.79 Å². The van der Waals surface area contributed by atoms with Crippen molar-refractivity contribution in [3.05, 3.63) is 0 Å². The first-order chi connectivity index (χ1) is 8.44. The maximum atomic E-state index is 11.4. The van der Waals surface area contributed by atoms with Crippen molar-refractivity contribution < 1.29 is 9.63 Å². The fraction of sp³-hybridized carbons (Fsp3) is 0.933. The van der Waals surface area contributed by atoms with Crippen LogP contribution in [0.5, 0.6) is 0 Å². The molecule has 0 aromatic heterocycles. The molecular formula is C15H30N2O2. The van der Waals surface area contributed by atoms with Crippen LogP contribution in [0.4, 0.5) is 0 Å². The lowest BCUT2D eigenvalue weighted by Gasteiger charge is -2.60. The van der Waals surface area contributed by atoms with Crippen LogP contribution in [0.1, 0.15) is 48.5 Å². The summed E-state index contributed by atoms with van der Waals surface area (Å²) in [4.78, 5) is 19.3. The second-order valence-electron chi connectivity index (χ2n) is 7.22. The molecule has 1 fully saturated rings. The fourth-order valence-electron chi connectivity index (χ4n) is 3.64. The van der Waals surface area contributed by atoms with E-state index in [-0.39, 0.29) is 17.0 Å². The molecule has 0 N–H and O–H groups in total. The lowest BCUT2D eigenvalue weighted by atomic mass is 9.65. The number of hydrogen-bond acceptors (Lipinski definition) is 4. The van der Waals surface area contributed by atoms with Crippen molar-refractivity contribution in [3.8, 4) is 0 Å². The Morgan fingerprint density at radius 2 is 1.42 bits per heavy atom. The van der Waals surface area contributed by atoms with Crippen molar-refractivity contribution in [2.75, 3.05) is 14.1 Å². The van der Waals surface area contributed by atoms with E-state index < -0.39 is 0 Å². The number of piperidine rings is 1. The van der Waals surface area contributed by atoms with Crippen LogP contribution >= 0.6 is 0 Å². The minimum Gasteiger partial charge on any atom is -0.367 e. The van der Waals surface area contributed by atoms with Crippen LogP contribution in [0.25, 0.3) is 0 Å². The van der Waals surface area contributed by atoms with Crippen molar-refractivity contribution in [1.82, 2.24) is 9.96 Å². The Labute approximate surface area is 118 Å². The third-order valence-electron chi connectivity index (χ3n) is 5.12. The van der Waals surface area contributed by atoms with E-state index in [2.05, 4.69) is 60.5 Å². The molecule has 1 heterocycles. The summed E-state index contributed by atoms with van der Waals surface area (Å²) in [6.07, 6.45) is 0. The van der Waals surface area contributed by atoms with Crippen molar-refractivity contribution in [1.29, 1.82) is 0 Å². The smallest absolute Gasteiger partial charge is 0.322 e. The van der Waals surface area contributed by atoms with Gasteiger partial charge in [-0.25, -0.2) is 0 Å². The van der Waals surface area contributed by atoms with Gasteiger partial charge in [0.15, 0.2) is 0 Å². The van der Waals surface area contributed by atoms with Gasteiger partial charge in [0.05, 0.1) is 11.1 Å². The minimum atomic E-state index is -0.246. The molecule has 0 spiro atoms. The standard InChI is InChI=1S/C15H30N2O2/c1-10-13(16(8)9)11(2)15(6,7)17(14(10,4)5)19-12(3)18/h10-11,13H,1-9H3. The monoisotopic (exact) mass is 270 g/mol. The summed E-state index contributed by atoms with van der Waals surface area (Å²) < 4.78 is 0. The van der Waals surface area contributed by atoms with Crippen LogP contribution in [0, 0.1) is 11.8 Å². The van der Waals surface area contributed by atoms with Gasteiger partial charge in [0.2, 0.25) is 0 Å². The van der Waals surface area contributed by atoms with Crippen LogP contribution in [-0.2, 0) is 9.63 Å². The molecule has 112 valence electrons. The zero-order valence-electron chi connectivity index (χ0n) is 13.9. The van der Waals surface area contributed by atoms with Gasteiger partial charge in [-0.1, -0.05) is 13.8 Å². The van der Waals surface area contributed by atoms with E-state index in [1.807, 2.05) is 5.06 Å². The molecule has 2 atom stereocenters. The van der Waals surface area contributed by atoms with Crippen molar-refractivity contribution in [3.63, 3.8) is 0 Å². The van der Waals surface area contributed by atoms with Gasteiger partial charge in [-0.05, 0) is 53.6 Å². The van der Waals surface area contributed by atoms with Gasteiger partial charge in [-0.2, -0.15) is 0 Å². The second-order valence-corrected chi connectivity index (χ2v) is 7.22. The van der Waals surface area contributed by atoms with Crippen LogP contribution in [0.15, 0.2) is 0 Å². The molecular weight excluding hydrogens is 240 g/mol. The van der Waals surface area contributed by atoms with Crippen LogP contribution in [0.3, 0.4) is 0 Å². The number of hydrogen-bond donors (Lipinski definition) is 0. The molecule has 0 aromatic rings. The minimum absolute atomic E-state index is 0.198. The molecule has 1 rings (SSSR count). The Morgan fingerprint density at radius 3 is 1.68 bits per heavy atom. The maximum absolute atomic E-state index is 11.4. The van der Waals surface area contributed by atoms with Gasteiger partial charge in [0, 0.05) is 13.0 Å². The average Bonchev–Trinajstić information content (AvgIpc) is 2.23. The highest BCUT2D eigenvalue weighted by atomic mass is 16.7. The first kappa shape index (κ1) is 16.4. The Balaban J connectivity index is 3.24. The van der Waals surface area contributed by atoms with E-state index in [4.69, 9.17) is 4.84 Å². The zero-order chi connectivity index (χ0) is 15.2. The first-order valence-electron chi connectivity index (χ1n) is 7.09. The molecule has 0 aromatic carbocycles. The SMILES string of the molecule is CC(=O)ON1C(C)(C)C(C)C(N(C)C)C(C)C1(C)C. The molecule has 0 saturated carbocycles. The highest BCUT2D eigenvalue weighted by Crippen LogP contribution is 2.46. The number of rotatable bonds is 2. The highest BCUT2D eigenvalue weighted by molar-refractivity contribution is 5.65. The summed E-state index contributed by atoms with van der Waals surface area (Å²) in [6.45, 7) is 14.6. The summed E-state index contributed by atoms with van der Waals surface area (Å²) in [5, 5.41) is 1.91. The number of nitrogens with zero attached hydrogens (tertiary/aromatic N) is 2. The Hall–Kier alpha value is -0.610. The van der Waals surface area contributed by atoms with Gasteiger partial charge in [-0.15, -0.1) is 5.06 Å². The molecule has 1 saturated heterocycles. The molecule has 0 bridgehead atoms. The van der Waals surface area contributed by atoms with Crippen LogP contribution < -0.4 is 0 Å². The summed E-state index contributed by atoms with van der Waals surface area (Å²) in [5.41, 5.74) is -0.396. The molecule has 0 aliphatic carbocycles. The second kappa shape index (κ2) is 5.06. The Kier molecular flexibility index (Phi) is 4.38. The molecule has 0 radical (unpaired) electrons. The van der Waals surface area contributed by atoms with Crippen molar-refractivity contribution in [2.45, 2.75) is 65.6 Å². The van der Waals surface area contributed by atoms with Gasteiger partial charge in [0.25, 0.3) is 0 Å². The fourth-order valence-corrected chi connectivity index (χ4v) is 3.64. The normalized spacial score (nSPS) is 34.3. The summed E-state index contributed by atoms with van der Waals surface area (Å²) in [5.74, 6) is 0.540. The molecule has 1 aliphatic rings. The van der Waals surface area contributed by atoms with Gasteiger partial charge < -0.3 is 9.74 Å². The lowest BCUT2D eigenvalue weighted by Crippen LogP contribution is -2.71. The number of hydroxylamine groups is 2. The largest absolute Gasteiger partial charge is 0.367 e. The van der Waals surface area contributed by atoms with Gasteiger partial charge >= 0.3 is 5.97 Å². The molecule has 2 unspecified atom stereocenters. The Morgan fingerprint density at radius 1 is 1.05 bits per heavy atom. The first-order valence-corrected chi connectivity index (χ1v) is 7.09. The van der Waals surface area contributed by atoms with E-state index in [0.717, 1.165) is 0 Å². The third kappa shape index (κ3) is 2.65. The molecule has 0 amide bonds. The third-order valence-corrected chi connectivity index (χ3v) is 5.12. The predicted octanol–water partition coefficient (Wildman–Crippen LogP) is 2.54. The summed E-state index contributed by atoms with van der Waals surface area (Å²) in [6, 6.07) is 0.455. The summed E-state index contributed by atoms with van der Waals surface area (Å²) in [7, 11) is 4.26. The van der Waals surface area contributed by atoms with E-state index in [1.165, 1.54) is 6.92 Å². The average molecular weight is 270 g/mol. The van der Waals surface area contributed by atoms with E-state index >= 15 is 0 Å². The van der Waals surface area contributed by atoms with Crippen molar-refractivity contribution in [2.24, 2.45) is 11.8 Å². The number of carbonyl (C=O) groups excluding carboxylic acids is 1. The molecule has 19 heavy (non-hydrogen) atoms. The summed E-state index contributed by atoms with van der Waals surface area (Å²) >= 11 is 0. The van der Waals surface area contributed by atoms with E-state index in [1.54, 1.807) is 0 Å². The van der Waals surface area contributed by atoms with Gasteiger partial charge in [-0.3, -0.25) is 4.79 Å². The topological polar surface area (TPSA) is 32.8 Å². The Bertz CT molecular complexity index is 328. The zero-order valence-corrected chi connectivity index (χ0v) is 13.9. The molecule has 4 nitrogen and oxygen atoms in total. The number of carbonyl (C=O) groups is 1. The highest BCUT2D eigenvalue weighted by Gasteiger charge is 2.56.